The molecule has 1 amide bonds. The molecule has 1 aliphatic heterocycles. The SMILES string of the molecule is NC1C2CCCC1CC(C(=O)NCc1ccnc(N3CCCC3)c1)C2. The van der Waals surface area contributed by atoms with Gasteiger partial charge in [-0.2, -0.15) is 0 Å². The van der Waals surface area contributed by atoms with E-state index in [1.165, 1.54) is 32.1 Å². The van der Waals surface area contributed by atoms with Crippen LogP contribution in [0.3, 0.4) is 0 Å². The van der Waals surface area contributed by atoms with Crippen molar-refractivity contribution in [1.82, 2.24) is 10.3 Å². The topological polar surface area (TPSA) is 71.2 Å². The Balaban J connectivity index is 1.33. The van der Waals surface area contributed by atoms with Crippen molar-refractivity contribution in [3.05, 3.63) is 23.9 Å². The van der Waals surface area contributed by atoms with Crippen LogP contribution < -0.4 is 16.0 Å². The second-order valence-corrected chi connectivity index (χ2v) is 8.13. The van der Waals surface area contributed by atoms with Crippen molar-refractivity contribution < 1.29 is 4.79 Å². The van der Waals surface area contributed by atoms with E-state index in [0.717, 1.165) is 37.3 Å². The van der Waals surface area contributed by atoms with E-state index in [2.05, 4.69) is 21.3 Å². The Kier molecular flexibility index (Phi) is 4.93. The molecule has 5 heteroatoms. The van der Waals surface area contributed by atoms with Crippen LogP contribution in [0.1, 0.15) is 50.5 Å². The Hall–Kier alpha value is -1.62. The minimum absolute atomic E-state index is 0.148. The standard InChI is InChI=1S/C20H30N4O/c21-19-15-4-3-5-16(19)12-17(11-15)20(25)23-13-14-6-7-22-18(10-14)24-8-1-2-9-24/h6-7,10,15-17,19H,1-5,8-9,11-13,21H2,(H,23,25). The maximum atomic E-state index is 12.7. The maximum Gasteiger partial charge on any atom is 0.223 e. The fourth-order valence-electron chi connectivity index (χ4n) is 5.03. The number of nitrogens with two attached hydrogens (primary N) is 1. The van der Waals surface area contributed by atoms with Crippen LogP contribution >= 0.6 is 0 Å². The molecule has 1 aromatic rings. The first-order valence-electron chi connectivity index (χ1n) is 9.94. The van der Waals surface area contributed by atoms with Crippen molar-refractivity contribution in [1.29, 1.82) is 0 Å². The van der Waals surface area contributed by atoms with Gasteiger partial charge in [-0.3, -0.25) is 4.79 Å². The van der Waals surface area contributed by atoms with Crippen LogP contribution in [-0.2, 0) is 11.3 Å². The van der Waals surface area contributed by atoms with Crippen LogP contribution in [0.5, 0.6) is 0 Å². The summed E-state index contributed by atoms with van der Waals surface area (Å²) in [5.41, 5.74) is 7.48. The van der Waals surface area contributed by atoms with Gasteiger partial charge in [0.05, 0.1) is 0 Å². The van der Waals surface area contributed by atoms with Gasteiger partial charge in [0, 0.05) is 37.8 Å². The van der Waals surface area contributed by atoms with Gasteiger partial charge in [0.15, 0.2) is 0 Å². The summed E-state index contributed by atoms with van der Waals surface area (Å²) >= 11 is 0. The minimum Gasteiger partial charge on any atom is -0.357 e. The number of nitrogens with zero attached hydrogens (tertiary/aromatic N) is 2. The van der Waals surface area contributed by atoms with E-state index in [0.29, 0.717) is 24.4 Å². The van der Waals surface area contributed by atoms with Gasteiger partial charge in [0.2, 0.25) is 5.91 Å². The lowest BCUT2D eigenvalue weighted by molar-refractivity contribution is -0.128. The summed E-state index contributed by atoms with van der Waals surface area (Å²) in [5.74, 6) is 2.50. The molecule has 1 saturated heterocycles. The molecular formula is C20H30N4O. The zero-order valence-electron chi connectivity index (χ0n) is 15.0. The molecule has 2 bridgehead atoms. The highest BCUT2D eigenvalue weighted by Crippen LogP contribution is 2.41. The molecule has 136 valence electrons. The molecule has 0 spiro atoms. The Labute approximate surface area is 150 Å². The number of aromatic nitrogens is 1. The second kappa shape index (κ2) is 7.32. The minimum atomic E-state index is 0.148. The van der Waals surface area contributed by atoms with Gasteiger partial charge in [-0.25, -0.2) is 4.98 Å². The lowest BCUT2D eigenvalue weighted by Gasteiger charge is -2.43. The summed E-state index contributed by atoms with van der Waals surface area (Å²) in [6, 6.07) is 4.45. The number of nitrogens with one attached hydrogen (secondary N) is 1. The third-order valence-electron chi connectivity index (χ3n) is 6.49. The van der Waals surface area contributed by atoms with Gasteiger partial charge in [-0.05, 0) is 68.1 Å². The molecule has 3 aliphatic rings. The summed E-state index contributed by atoms with van der Waals surface area (Å²) in [7, 11) is 0. The summed E-state index contributed by atoms with van der Waals surface area (Å²) in [4.78, 5) is 19.5. The van der Waals surface area contributed by atoms with Crippen molar-refractivity contribution in [2.24, 2.45) is 23.5 Å². The van der Waals surface area contributed by atoms with E-state index in [9.17, 15) is 4.79 Å². The van der Waals surface area contributed by atoms with E-state index >= 15 is 0 Å². The average molecular weight is 342 g/mol. The molecule has 2 heterocycles. The summed E-state index contributed by atoms with van der Waals surface area (Å²) in [6.07, 6.45) is 9.98. The van der Waals surface area contributed by atoms with Crippen LogP contribution in [0, 0.1) is 17.8 Å². The Bertz CT molecular complexity index is 599. The van der Waals surface area contributed by atoms with Crippen LogP contribution in [0.15, 0.2) is 18.3 Å². The Morgan fingerprint density at radius 2 is 1.92 bits per heavy atom. The highest BCUT2D eigenvalue weighted by molar-refractivity contribution is 5.78. The molecule has 3 N–H and O–H groups in total. The number of amides is 1. The third-order valence-corrected chi connectivity index (χ3v) is 6.49. The highest BCUT2D eigenvalue weighted by atomic mass is 16.1. The van der Waals surface area contributed by atoms with E-state index in [4.69, 9.17) is 5.73 Å². The normalized spacial score (nSPS) is 31.8. The molecule has 2 atom stereocenters. The van der Waals surface area contributed by atoms with Crippen LogP contribution in [-0.4, -0.2) is 30.0 Å². The predicted molar refractivity (Wildman–Crippen MR) is 99.1 cm³/mol. The van der Waals surface area contributed by atoms with Crippen LogP contribution in [0.25, 0.3) is 0 Å². The molecule has 0 aromatic carbocycles. The zero-order valence-corrected chi connectivity index (χ0v) is 15.0. The highest BCUT2D eigenvalue weighted by Gasteiger charge is 2.40. The zero-order chi connectivity index (χ0) is 17.2. The van der Waals surface area contributed by atoms with Gasteiger partial charge in [-0.1, -0.05) is 6.42 Å². The number of hydrogen-bond acceptors (Lipinski definition) is 4. The quantitative estimate of drug-likeness (QED) is 0.882. The number of anilines is 1. The summed E-state index contributed by atoms with van der Waals surface area (Å²) in [6.45, 7) is 2.78. The Morgan fingerprint density at radius 3 is 2.64 bits per heavy atom. The summed E-state index contributed by atoms with van der Waals surface area (Å²) < 4.78 is 0. The number of hydrogen-bond donors (Lipinski definition) is 2. The fourth-order valence-corrected chi connectivity index (χ4v) is 5.03. The molecule has 4 rings (SSSR count). The number of rotatable bonds is 4. The van der Waals surface area contributed by atoms with Gasteiger partial charge in [-0.15, -0.1) is 0 Å². The molecule has 25 heavy (non-hydrogen) atoms. The van der Waals surface area contributed by atoms with Crippen LogP contribution in [0.2, 0.25) is 0 Å². The number of fused-ring (bicyclic) bond motifs is 2. The number of pyridine rings is 1. The maximum absolute atomic E-state index is 12.7. The van der Waals surface area contributed by atoms with Crippen LogP contribution in [0.4, 0.5) is 5.82 Å². The lowest BCUT2D eigenvalue weighted by atomic mass is 9.65. The first-order valence-corrected chi connectivity index (χ1v) is 9.94. The first kappa shape index (κ1) is 16.8. The van der Waals surface area contributed by atoms with E-state index < -0.39 is 0 Å². The molecule has 2 aliphatic carbocycles. The molecule has 5 nitrogen and oxygen atoms in total. The predicted octanol–water partition coefficient (Wildman–Crippen LogP) is 2.45. The van der Waals surface area contributed by atoms with Crippen molar-refractivity contribution in [2.75, 3.05) is 18.0 Å². The van der Waals surface area contributed by atoms with Gasteiger partial charge >= 0.3 is 0 Å². The monoisotopic (exact) mass is 342 g/mol. The second-order valence-electron chi connectivity index (χ2n) is 8.13. The molecule has 1 aromatic heterocycles. The van der Waals surface area contributed by atoms with Crippen molar-refractivity contribution in [3.8, 4) is 0 Å². The molecular weight excluding hydrogens is 312 g/mol. The molecule has 2 unspecified atom stereocenters. The number of carbonyl (C=O) groups is 1. The van der Waals surface area contributed by atoms with Gasteiger partial charge in [0.25, 0.3) is 0 Å². The third kappa shape index (κ3) is 3.66. The first-order chi connectivity index (χ1) is 12.2. The lowest BCUT2D eigenvalue weighted by Crippen LogP contribution is -2.49. The smallest absolute Gasteiger partial charge is 0.223 e. The largest absolute Gasteiger partial charge is 0.357 e. The van der Waals surface area contributed by atoms with E-state index in [1.807, 2.05) is 12.3 Å². The fraction of sp³-hybridized carbons (Fsp3) is 0.700. The van der Waals surface area contributed by atoms with Crippen molar-refractivity contribution >= 4 is 11.7 Å². The molecule has 0 radical (unpaired) electrons. The molecule has 2 saturated carbocycles. The van der Waals surface area contributed by atoms with Gasteiger partial charge in [0.1, 0.15) is 5.82 Å². The Morgan fingerprint density at radius 1 is 1.20 bits per heavy atom. The molecule has 3 fully saturated rings. The average Bonchev–Trinajstić information content (AvgIpc) is 3.14. The van der Waals surface area contributed by atoms with E-state index in [1.54, 1.807) is 0 Å². The summed E-state index contributed by atoms with van der Waals surface area (Å²) in [5, 5.41) is 3.16. The van der Waals surface area contributed by atoms with Crippen molar-refractivity contribution in [2.45, 2.75) is 57.5 Å². The van der Waals surface area contributed by atoms with Gasteiger partial charge < -0.3 is 16.0 Å². The number of carbonyl (C=O) groups excluding carboxylic acids is 1. The van der Waals surface area contributed by atoms with E-state index in [-0.39, 0.29) is 11.8 Å². The van der Waals surface area contributed by atoms with Crippen molar-refractivity contribution in [3.63, 3.8) is 0 Å².